The lowest BCUT2D eigenvalue weighted by Crippen LogP contribution is -2.30. The summed E-state index contributed by atoms with van der Waals surface area (Å²) in [5, 5.41) is 0. The highest BCUT2D eigenvalue weighted by molar-refractivity contribution is 6.02. The molecule has 0 aliphatic carbocycles. The van der Waals surface area contributed by atoms with Crippen LogP contribution in [0.1, 0.15) is 16.7 Å². The van der Waals surface area contributed by atoms with Crippen LogP contribution in [-0.2, 0) is 12.4 Å². The molecule has 0 bridgehead atoms. The Balaban J connectivity index is 1.45. The van der Waals surface area contributed by atoms with Gasteiger partial charge in [0.1, 0.15) is 11.1 Å². The highest BCUT2D eigenvalue weighted by atomic mass is 19.4. The molecule has 0 atom stereocenters. The number of alkyl halides is 6. The lowest BCUT2D eigenvalue weighted by molar-refractivity contribution is -0.141. The maximum atomic E-state index is 16.6. The van der Waals surface area contributed by atoms with Gasteiger partial charge in [0.15, 0.2) is 34.5 Å². The van der Waals surface area contributed by atoms with Gasteiger partial charge in [-0.3, -0.25) is 0 Å². The highest BCUT2D eigenvalue weighted by Gasteiger charge is 2.52. The number of rotatable bonds is 3. The van der Waals surface area contributed by atoms with Crippen molar-refractivity contribution in [3.8, 4) is 34.5 Å². The second-order valence-corrected chi connectivity index (χ2v) is 13.5. The van der Waals surface area contributed by atoms with E-state index in [0.29, 0.717) is 0 Å². The number of para-hydroxylation sites is 12. The first-order chi connectivity index (χ1) is 27.5. The number of hydrogen-bond donors (Lipinski definition) is 0. The second kappa shape index (κ2) is 12.5. The topological polar surface area (TPSA) is 37.4 Å². The van der Waals surface area contributed by atoms with Crippen LogP contribution in [0.3, 0.4) is 0 Å². The van der Waals surface area contributed by atoms with Gasteiger partial charge in [-0.25, -0.2) is 0 Å². The lowest BCUT2D eigenvalue weighted by atomic mass is 9.91. The molecule has 12 heteroatoms. The van der Waals surface area contributed by atoms with Crippen molar-refractivity contribution in [1.82, 2.24) is 0 Å². The van der Waals surface area contributed by atoms with E-state index >= 15 is 26.3 Å². The molecule has 0 N–H and O–H groups in total. The largest absolute Gasteiger partial charge is 0.453 e. The summed E-state index contributed by atoms with van der Waals surface area (Å²) in [6.07, 6.45) is -10.8. The summed E-state index contributed by atoms with van der Waals surface area (Å²) in [6, 6.07) is 38.2. The van der Waals surface area contributed by atoms with Gasteiger partial charge >= 0.3 is 12.4 Å². The van der Waals surface area contributed by atoms with Gasteiger partial charge in [-0.1, -0.05) is 72.8 Å². The number of anilines is 9. The van der Waals surface area contributed by atoms with Gasteiger partial charge in [0.05, 0.1) is 51.2 Å². The first-order valence-corrected chi connectivity index (χ1v) is 17.8. The van der Waals surface area contributed by atoms with E-state index in [2.05, 4.69) is 0 Å². The van der Waals surface area contributed by atoms with Crippen molar-refractivity contribution >= 4 is 51.2 Å². The molecule has 7 aromatic carbocycles. The Hall–Kier alpha value is -7.08. The van der Waals surface area contributed by atoms with Crippen molar-refractivity contribution in [3.05, 3.63) is 162 Å². The van der Waals surface area contributed by atoms with Crippen molar-refractivity contribution < 1.29 is 40.6 Å². The fourth-order valence-corrected chi connectivity index (χ4v) is 7.99. The predicted octanol–water partition coefficient (Wildman–Crippen LogP) is 14.8. The maximum Gasteiger partial charge on any atom is 0.420 e. The molecule has 0 saturated heterocycles. The number of halogens is 6. The number of nitrogens with zero attached hydrogens (tertiary/aromatic N) is 3. The Kier molecular flexibility index (Phi) is 7.53. The molecule has 0 fully saturated rings. The van der Waals surface area contributed by atoms with E-state index < -0.39 is 40.5 Å². The molecular formula is C45H27F6N3O3. The van der Waals surface area contributed by atoms with Crippen molar-refractivity contribution in [3.63, 3.8) is 0 Å². The third-order valence-corrected chi connectivity index (χ3v) is 10.2. The van der Waals surface area contributed by atoms with E-state index in [-0.39, 0.29) is 74.2 Å². The standard InChI is InChI=1S/C45H27F6N3O3/c1-26-41(52-27-14-2-8-20-33(27)55-34-21-9-3-15-28(34)52)39(44(46,47)48)43(54-31-18-6-12-24-37(31)57-38-25-13-7-19-32(38)54)40(45(49,50)51)42(26)53-29-16-4-10-22-35(29)56-36-23-11-5-17-30(36)53/h2-25H,1H3. The normalized spacial score (nSPS) is 13.8. The molecule has 10 rings (SSSR count). The summed E-state index contributed by atoms with van der Waals surface area (Å²) >= 11 is 0. The Morgan fingerprint density at radius 1 is 0.333 bits per heavy atom. The summed E-state index contributed by atoms with van der Waals surface area (Å²) in [5.74, 6) is 1.02. The van der Waals surface area contributed by atoms with E-state index in [1.807, 2.05) is 0 Å². The molecule has 0 spiro atoms. The minimum atomic E-state index is -5.38. The zero-order chi connectivity index (χ0) is 39.2. The van der Waals surface area contributed by atoms with Gasteiger partial charge in [-0.2, -0.15) is 26.3 Å². The molecular weight excluding hydrogens is 745 g/mol. The predicted molar refractivity (Wildman–Crippen MR) is 205 cm³/mol. The minimum Gasteiger partial charge on any atom is -0.453 e. The number of hydrogen-bond acceptors (Lipinski definition) is 6. The van der Waals surface area contributed by atoms with Crippen molar-refractivity contribution in [2.45, 2.75) is 19.3 Å². The summed E-state index contributed by atoms with van der Waals surface area (Å²) < 4.78 is 118. The van der Waals surface area contributed by atoms with Crippen LogP contribution < -0.4 is 28.9 Å². The summed E-state index contributed by atoms with van der Waals surface area (Å²) in [7, 11) is 0. The quantitative estimate of drug-likeness (QED) is 0.167. The van der Waals surface area contributed by atoms with Crippen molar-refractivity contribution in [2.75, 3.05) is 14.7 Å². The molecule has 282 valence electrons. The third-order valence-electron chi connectivity index (χ3n) is 10.2. The van der Waals surface area contributed by atoms with Crippen LogP contribution in [0.2, 0.25) is 0 Å². The Morgan fingerprint density at radius 2 is 0.544 bits per heavy atom. The van der Waals surface area contributed by atoms with Crippen LogP contribution in [0.15, 0.2) is 146 Å². The zero-order valence-corrected chi connectivity index (χ0v) is 29.7. The second-order valence-electron chi connectivity index (χ2n) is 13.5. The van der Waals surface area contributed by atoms with E-state index in [1.54, 1.807) is 121 Å². The first kappa shape index (κ1) is 34.4. The van der Waals surface area contributed by atoms with Gasteiger partial charge in [-0.05, 0) is 85.3 Å². The van der Waals surface area contributed by atoms with Crippen LogP contribution in [0.4, 0.5) is 77.5 Å². The monoisotopic (exact) mass is 771 g/mol. The Morgan fingerprint density at radius 3 is 0.772 bits per heavy atom. The van der Waals surface area contributed by atoms with E-state index in [0.717, 1.165) is 4.90 Å². The van der Waals surface area contributed by atoms with Crippen LogP contribution in [0, 0.1) is 6.92 Å². The molecule has 0 amide bonds. The minimum absolute atomic E-state index is 0.0153. The smallest absolute Gasteiger partial charge is 0.420 e. The summed E-state index contributed by atoms with van der Waals surface area (Å²) in [6.45, 7) is 1.31. The molecule has 57 heavy (non-hydrogen) atoms. The summed E-state index contributed by atoms with van der Waals surface area (Å²) in [4.78, 5) is 3.74. The van der Waals surface area contributed by atoms with Crippen molar-refractivity contribution in [2.24, 2.45) is 0 Å². The lowest BCUT2D eigenvalue weighted by Gasteiger charge is -2.43. The van der Waals surface area contributed by atoms with E-state index in [1.165, 1.54) is 41.0 Å². The molecule has 7 aromatic rings. The van der Waals surface area contributed by atoms with Gasteiger partial charge in [0.2, 0.25) is 0 Å². The van der Waals surface area contributed by atoms with E-state index in [9.17, 15) is 0 Å². The van der Waals surface area contributed by atoms with Gasteiger partial charge in [0.25, 0.3) is 0 Å². The molecule has 0 saturated carbocycles. The molecule has 6 nitrogen and oxygen atoms in total. The average molecular weight is 772 g/mol. The highest BCUT2D eigenvalue weighted by Crippen LogP contribution is 2.65. The SMILES string of the molecule is Cc1c(N2c3ccccc3Oc3ccccc32)c(C(F)(F)F)c(N2c3ccccc3Oc3ccccc32)c(C(F)(F)F)c1N1c2ccccc2Oc2ccccc21. The van der Waals surface area contributed by atoms with Crippen LogP contribution in [0.5, 0.6) is 34.5 Å². The van der Waals surface area contributed by atoms with Crippen LogP contribution in [0.25, 0.3) is 0 Å². The Labute approximate surface area is 321 Å². The molecule has 0 unspecified atom stereocenters. The molecule has 3 aliphatic heterocycles. The number of ether oxygens (including phenoxy) is 3. The maximum absolute atomic E-state index is 16.6. The van der Waals surface area contributed by atoms with Crippen molar-refractivity contribution in [1.29, 1.82) is 0 Å². The molecule has 3 heterocycles. The van der Waals surface area contributed by atoms with Gasteiger partial charge in [0, 0.05) is 0 Å². The number of fused-ring (bicyclic) bond motifs is 6. The average Bonchev–Trinajstić information content (AvgIpc) is 3.20. The molecule has 0 aromatic heterocycles. The van der Waals surface area contributed by atoms with Crippen LogP contribution >= 0.6 is 0 Å². The molecule has 0 radical (unpaired) electrons. The molecule has 3 aliphatic rings. The Bertz CT molecular complexity index is 2490. The fraction of sp³-hybridized carbons (Fsp3) is 0.0667. The fourth-order valence-electron chi connectivity index (χ4n) is 7.99. The van der Waals surface area contributed by atoms with Gasteiger partial charge < -0.3 is 28.9 Å². The van der Waals surface area contributed by atoms with E-state index in [4.69, 9.17) is 14.2 Å². The first-order valence-electron chi connectivity index (χ1n) is 17.8. The van der Waals surface area contributed by atoms with Crippen LogP contribution in [-0.4, -0.2) is 0 Å². The summed E-state index contributed by atoms with van der Waals surface area (Å²) in [5.41, 5.74) is -4.72. The number of benzene rings is 7. The third kappa shape index (κ3) is 5.27. The van der Waals surface area contributed by atoms with Gasteiger partial charge in [-0.15, -0.1) is 0 Å². The zero-order valence-electron chi connectivity index (χ0n) is 29.7.